The number of nitrogens with zero attached hydrogens (tertiary/aromatic N) is 3. The van der Waals surface area contributed by atoms with Gasteiger partial charge >= 0.3 is 6.03 Å². The highest BCUT2D eigenvalue weighted by atomic mass is 16.2. The lowest BCUT2D eigenvalue weighted by molar-refractivity contribution is -0.138. The van der Waals surface area contributed by atoms with Gasteiger partial charge in [0.25, 0.3) is 5.91 Å². The third-order valence-electron chi connectivity index (χ3n) is 5.70. The summed E-state index contributed by atoms with van der Waals surface area (Å²) in [5, 5.41) is 5.81. The van der Waals surface area contributed by atoms with Crippen molar-refractivity contribution in [2.24, 2.45) is 0 Å². The normalized spacial score (nSPS) is 25.8. The van der Waals surface area contributed by atoms with Gasteiger partial charge in [0.1, 0.15) is 17.4 Å². The first-order valence-electron chi connectivity index (χ1n) is 8.96. The molecule has 0 aromatic carbocycles. The molecule has 2 N–H and O–H groups in total. The Morgan fingerprint density at radius 2 is 2.16 bits per heavy atom. The Morgan fingerprint density at radius 1 is 1.40 bits per heavy atom. The Hall–Kier alpha value is -2.38. The average molecular weight is 345 g/mol. The van der Waals surface area contributed by atoms with Gasteiger partial charge < -0.3 is 15.2 Å². The van der Waals surface area contributed by atoms with Crippen molar-refractivity contribution in [3.8, 4) is 0 Å². The van der Waals surface area contributed by atoms with E-state index in [-0.39, 0.29) is 17.9 Å². The predicted molar refractivity (Wildman–Crippen MR) is 88.5 cm³/mol. The fraction of sp³-hybridized carbons (Fsp3) is 0.647. The van der Waals surface area contributed by atoms with Crippen LogP contribution in [0.4, 0.5) is 4.79 Å². The molecule has 0 radical (unpaired) electrons. The molecule has 4 rings (SSSR count). The highest BCUT2D eigenvalue weighted by Crippen LogP contribution is 2.35. The summed E-state index contributed by atoms with van der Waals surface area (Å²) < 4.78 is 2.03. The Bertz CT molecular complexity index is 722. The van der Waals surface area contributed by atoms with E-state index >= 15 is 0 Å². The number of imidazole rings is 1. The fourth-order valence-corrected chi connectivity index (χ4v) is 4.23. The molecule has 1 saturated heterocycles. The van der Waals surface area contributed by atoms with Crippen molar-refractivity contribution in [1.82, 2.24) is 25.1 Å². The van der Waals surface area contributed by atoms with E-state index in [1.165, 1.54) is 0 Å². The van der Waals surface area contributed by atoms with Crippen LogP contribution in [-0.4, -0.2) is 49.9 Å². The summed E-state index contributed by atoms with van der Waals surface area (Å²) in [6.45, 7) is 2.28. The summed E-state index contributed by atoms with van der Waals surface area (Å²) in [5.74, 6) is 0.487. The zero-order valence-electron chi connectivity index (χ0n) is 14.3. The van der Waals surface area contributed by atoms with E-state index in [1.54, 1.807) is 13.1 Å². The molecule has 1 aromatic rings. The Morgan fingerprint density at radius 3 is 2.92 bits per heavy atom. The molecule has 8 heteroatoms. The first-order chi connectivity index (χ1) is 12.0. The molecule has 3 heterocycles. The van der Waals surface area contributed by atoms with E-state index in [9.17, 15) is 14.4 Å². The minimum absolute atomic E-state index is 0.0159. The number of nitrogens with one attached hydrogen (secondary N) is 2. The molecule has 1 saturated carbocycles. The standard InChI is InChI=1S/C17H23N5O3/c1-11(22-15(24)17(20-16(22)25)6-2-3-7-17)14(23)19-12-4-5-13-18-8-9-21(13)10-12/h8-9,11-12H,2-7,10H2,1H3,(H,19,23)(H,20,25). The molecule has 1 spiro atoms. The highest BCUT2D eigenvalue weighted by Gasteiger charge is 2.54. The molecule has 25 heavy (non-hydrogen) atoms. The predicted octanol–water partition coefficient (Wildman–Crippen LogP) is 0.567. The number of hydrogen-bond donors (Lipinski definition) is 2. The van der Waals surface area contributed by atoms with Gasteiger partial charge in [-0.3, -0.25) is 9.59 Å². The van der Waals surface area contributed by atoms with Crippen LogP contribution in [0, 0.1) is 0 Å². The lowest BCUT2D eigenvalue weighted by Crippen LogP contribution is -2.52. The Kier molecular flexibility index (Phi) is 3.77. The zero-order chi connectivity index (χ0) is 17.6. The molecule has 0 bridgehead atoms. The average Bonchev–Trinajstić information content (AvgIpc) is 3.28. The number of aryl methyl sites for hydroxylation is 1. The molecule has 4 amide bonds. The van der Waals surface area contributed by atoms with Crippen LogP contribution in [0.15, 0.2) is 12.4 Å². The summed E-state index contributed by atoms with van der Waals surface area (Å²) in [6, 6.07) is -1.27. The van der Waals surface area contributed by atoms with Crippen molar-refractivity contribution in [2.45, 2.75) is 69.6 Å². The quantitative estimate of drug-likeness (QED) is 0.783. The largest absolute Gasteiger partial charge is 0.350 e. The summed E-state index contributed by atoms with van der Waals surface area (Å²) in [5.41, 5.74) is -0.776. The summed E-state index contributed by atoms with van der Waals surface area (Å²) in [7, 11) is 0. The zero-order valence-corrected chi connectivity index (χ0v) is 14.3. The van der Waals surface area contributed by atoms with Crippen LogP contribution in [0.25, 0.3) is 0 Å². The topological polar surface area (TPSA) is 96.3 Å². The number of aromatic nitrogens is 2. The minimum atomic E-state index is -0.809. The van der Waals surface area contributed by atoms with Crippen LogP contribution >= 0.6 is 0 Å². The smallest absolute Gasteiger partial charge is 0.325 e. The van der Waals surface area contributed by atoms with Crippen LogP contribution in [-0.2, 0) is 22.6 Å². The molecule has 2 unspecified atom stereocenters. The molecule has 2 fully saturated rings. The van der Waals surface area contributed by atoms with Crippen molar-refractivity contribution in [3.63, 3.8) is 0 Å². The van der Waals surface area contributed by atoms with Gasteiger partial charge in [-0.15, -0.1) is 0 Å². The van der Waals surface area contributed by atoms with E-state index < -0.39 is 17.6 Å². The number of imide groups is 1. The van der Waals surface area contributed by atoms with Gasteiger partial charge in [-0.1, -0.05) is 12.8 Å². The van der Waals surface area contributed by atoms with Gasteiger partial charge in [-0.25, -0.2) is 14.7 Å². The minimum Gasteiger partial charge on any atom is -0.350 e. The summed E-state index contributed by atoms with van der Waals surface area (Å²) >= 11 is 0. The molecule has 134 valence electrons. The van der Waals surface area contributed by atoms with Crippen LogP contribution in [0.1, 0.15) is 44.9 Å². The second-order valence-electron chi connectivity index (χ2n) is 7.31. The molecular formula is C17H23N5O3. The fourth-order valence-electron chi connectivity index (χ4n) is 4.23. The van der Waals surface area contributed by atoms with Crippen molar-refractivity contribution in [1.29, 1.82) is 0 Å². The molecule has 1 aromatic heterocycles. The van der Waals surface area contributed by atoms with Crippen molar-refractivity contribution < 1.29 is 14.4 Å². The number of urea groups is 1. The lowest BCUT2D eigenvalue weighted by atomic mass is 9.97. The number of carbonyl (C=O) groups excluding carboxylic acids is 3. The molecular weight excluding hydrogens is 322 g/mol. The lowest BCUT2D eigenvalue weighted by Gasteiger charge is -2.28. The van der Waals surface area contributed by atoms with Crippen molar-refractivity contribution >= 4 is 17.8 Å². The van der Waals surface area contributed by atoms with E-state index in [0.717, 1.165) is 36.4 Å². The molecule has 1 aliphatic carbocycles. The number of fused-ring (bicyclic) bond motifs is 1. The van der Waals surface area contributed by atoms with Crippen molar-refractivity contribution in [3.05, 3.63) is 18.2 Å². The van der Waals surface area contributed by atoms with Gasteiger partial charge in [0, 0.05) is 31.4 Å². The maximum absolute atomic E-state index is 12.8. The maximum atomic E-state index is 12.8. The molecule has 2 aliphatic heterocycles. The monoisotopic (exact) mass is 345 g/mol. The van der Waals surface area contributed by atoms with E-state index in [4.69, 9.17) is 0 Å². The van der Waals surface area contributed by atoms with E-state index in [1.807, 2.05) is 10.8 Å². The van der Waals surface area contributed by atoms with E-state index in [2.05, 4.69) is 15.6 Å². The second kappa shape index (κ2) is 5.86. The Labute approximate surface area is 146 Å². The van der Waals surface area contributed by atoms with Gasteiger partial charge in [-0.05, 0) is 26.2 Å². The number of amides is 4. The number of hydrogen-bond acceptors (Lipinski definition) is 4. The third-order valence-corrected chi connectivity index (χ3v) is 5.70. The van der Waals surface area contributed by atoms with Crippen LogP contribution < -0.4 is 10.6 Å². The summed E-state index contributed by atoms with van der Waals surface area (Å²) in [4.78, 5) is 43.1. The van der Waals surface area contributed by atoms with Gasteiger partial charge in [0.15, 0.2) is 0 Å². The van der Waals surface area contributed by atoms with Crippen molar-refractivity contribution in [2.75, 3.05) is 0 Å². The van der Waals surface area contributed by atoms with Crippen LogP contribution in [0.2, 0.25) is 0 Å². The first-order valence-corrected chi connectivity index (χ1v) is 8.96. The first kappa shape index (κ1) is 16.1. The number of rotatable bonds is 3. The van der Waals surface area contributed by atoms with Gasteiger partial charge in [-0.2, -0.15) is 0 Å². The third kappa shape index (κ3) is 2.60. The molecule has 8 nitrogen and oxygen atoms in total. The van der Waals surface area contributed by atoms with Gasteiger partial charge in [0.2, 0.25) is 5.91 Å². The summed E-state index contributed by atoms with van der Waals surface area (Å²) in [6.07, 6.45) is 8.45. The van der Waals surface area contributed by atoms with Crippen LogP contribution in [0.3, 0.4) is 0 Å². The molecule has 2 atom stereocenters. The number of carbonyl (C=O) groups is 3. The Balaban J connectivity index is 1.42. The second-order valence-corrected chi connectivity index (χ2v) is 7.31. The highest BCUT2D eigenvalue weighted by molar-refractivity contribution is 6.09. The maximum Gasteiger partial charge on any atom is 0.325 e. The van der Waals surface area contributed by atoms with Crippen LogP contribution in [0.5, 0.6) is 0 Å². The van der Waals surface area contributed by atoms with E-state index in [0.29, 0.717) is 19.4 Å². The van der Waals surface area contributed by atoms with Gasteiger partial charge in [0.05, 0.1) is 0 Å². The SMILES string of the molecule is CC(C(=O)NC1CCc2nccn2C1)N1C(=O)NC2(CCCC2)C1=O. The molecule has 3 aliphatic rings.